The number of nitrogens with zero attached hydrogens (tertiary/aromatic N) is 2. The molecule has 0 amide bonds. The van der Waals surface area contributed by atoms with Gasteiger partial charge in [0.2, 0.25) is 0 Å². The summed E-state index contributed by atoms with van der Waals surface area (Å²) in [5, 5.41) is 18.6. The third-order valence-corrected chi connectivity index (χ3v) is 1.21. The largest absolute Gasteiger partial charge is 0.313 e. The van der Waals surface area contributed by atoms with Gasteiger partial charge in [0.15, 0.2) is 0 Å². The molecule has 0 aromatic rings. The van der Waals surface area contributed by atoms with E-state index in [2.05, 4.69) is 0 Å². The molecule has 0 rings (SSSR count). The molecule has 1 N–H and O–H groups in total. The molecule has 0 aromatic heterocycles. The molecule has 0 fully saturated rings. The fourth-order valence-electron chi connectivity index (χ4n) is 0.491. The Morgan fingerprint density at radius 1 is 1.50 bits per heavy atom. The molecule has 0 heterocycles. The minimum Gasteiger partial charge on any atom is -0.313 e. The molecule has 0 saturated carbocycles. The van der Waals surface area contributed by atoms with Crippen molar-refractivity contribution in [1.29, 1.82) is 5.26 Å². The maximum Gasteiger partial charge on any atom is 0.0636 e. The molecule has 3 heteroatoms. The van der Waals surface area contributed by atoms with Gasteiger partial charge >= 0.3 is 0 Å². The maximum absolute atomic E-state index is 9.20. The lowest BCUT2D eigenvalue weighted by molar-refractivity contribution is -0.153. The van der Waals surface area contributed by atoms with Crippen molar-refractivity contribution in [1.82, 2.24) is 5.06 Å². The first-order valence-electron chi connectivity index (χ1n) is 3.32. The zero-order chi connectivity index (χ0) is 8.20. The van der Waals surface area contributed by atoms with Crippen molar-refractivity contribution in [3.05, 3.63) is 0 Å². The van der Waals surface area contributed by atoms with Crippen molar-refractivity contribution >= 4 is 0 Å². The molecule has 10 heavy (non-hydrogen) atoms. The smallest absolute Gasteiger partial charge is 0.0636 e. The molecule has 58 valence electrons. The number of nitriles is 1. The number of hydrogen-bond acceptors (Lipinski definition) is 3. The molecule has 0 saturated heterocycles. The van der Waals surface area contributed by atoms with Gasteiger partial charge in [0.25, 0.3) is 0 Å². The van der Waals surface area contributed by atoms with Crippen LogP contribution < -0.4 is 0 Å². The zero-order valence-electron chi connectivity index (χ0n) is 6.76. The minimum absolute atomic E-state index is 0.253. The van der Waals surface area contributed by atoms with Crippen molar-refractivity contribution < 1.29 is 5.21 Å². The van der Waals surface area contributed by atoms with Gasteiger partial charge in [-0.1, -0.05) is 0 Å². The van der Waals surface area contributed by atoms with Crippen LogP contribution in [0.15, 0.2) is 0 Å². The van der Waals surface area contributed by atoms with E-state index in [9.17, 15) is 5.21 Å². The highest BCUT2D eigenvalue weighted by atomic mass is 16.5. The molecule has 0 aromatic carbocycles. The van der Waals surface area contributed by atoms with E-state index in [4.69, 9.17) is 5.26 Å². The first-order valence-corrected chi connectivity index (χ1v) is 3.32. The first-order chi connectivity index (χ1) is 4.48. The fourth-order valence-corrected chi connectivity index (χ4v) is 0.491. The summed E-state index contributed by atoms with van der Waals surface area (Å²) in [5.74, 6) is 0. The van der Waals surface area contributed by atoms with Crippen LogP contribution in [0.1, 0.15) is 27.2 Å². The van der Waals surface area contributed by atoms with Crippen LogP contribution in [0.3, 0.4) is 0 Å². The second-order valence-electron chi connectivity index (χ2n) is 3.20. The van der Waals surface area contributed by atoms with Gasteiger partial charge < -0.3 is 5.21 Å². The van der Waals surface area contributed by atoms with Gasteiger partial charge in [-0.15, -0.1) is 0 Å². The molecular weight excluding hydrogens is 128 g/mol. The van der Waals surface area contributed by atoms with Crippen molar-refractivity contribution in [3.63, 3.8) is 0 Å². The van der Waals surface area contributed by atoms with Crippen molar-refractivity contribution in [2.75, 3.05) is 6.54 Å². The predicted octanol–water partition coefficient (Wildman–Crippen LogP) is 1.39. The van der Waals surface area contributed by atoms with Gasteiger partial charge in [0.05, 0.1) is 12.5 Å². The molecule has 0 bridgehead atoms. The first kappa shape index (κ1) is 9.41. The lowest BCUT2D eigenvalue weighted by atomic mass is 10.1. The minimum atomic E-state index is -0.253. The Labute approximate surface area is 61.8 Å². The van der Waals surface area contributed by atoms with E-state index in [0.29, 0.717) is 13.0 Å². The molecule has 0 spiro atoms. The summed E-state index contributed by atoms with van der Waals surface area (Å²) in [6, 6.07) is 1.97. The summed E-state index contributed by atoms with van der Waals surface area (Å²) in [7, 11) is 0. The van der Waals surface area contributed by atoms with Gasteiger partial charge in [-0.25, -0.2) is 0 Å². The molecular formula is C7H14N2O. The summed E-state index contributed by atoms with van der Waals surface area (Å²) in [4.78, 5) is 0. The summed E-state index contributed by atoms with van der Waals surface area (Å²) < 4.78 is 0. The zero-order valence-corrected chi connectivity index (χ0v) is 6.76. The van der Waals surface area contributed by atoms with Gasteiger partial charge in [-0.2, -0.15) is 10.3 Å². The van der Waals surface area contributed by atoms with E-state index in [-0.39, 0.29) is 5.54 Å². The van der Waals surface area contributed by atoms with E-state index in [0.717, 1.165) is 0 Å². The van der Waals surface area contributed by atoms with Gasteiger partial charge in [0, 0.05) is 12.1 Å². The summed E-state index contributed by atoms with van der Waals surface area (Å²) in [6.07, 6.45) is 0.369. The fraction of sp³-hybridized carbons (Fsp3) is 0.857. The molecule has 0 aliphatic carbocycles. The molecule has 0 radical (unpaired) electrons. The van der Waals surface area contributed by atoms with E-state index < -0.39 is 0 Å². The van der Waals surface area contributed by atoms with Crippen molar-refractivity contribution in [2.24, 2.45) is 0 Å². The van der Waals surface area contributed by atoms with Gasteiger partial charge in [-0.3, -0.25) is 0 Å². The lowest BCUT2D eigenvalue weighted by Gasteiger charge is -2.28. The second kappa shape index (κ2) is 3.55. The Balaban J connectivity index is 3.65. The normalized spacial score (nSPS) is 11.6. The Morgan fingerprint density at radius 3 is 2.30 bits per heavy atom. The Kier molecular flexibility index (Phi) is 3.34. The average molecular weight is 142 g/mol. The van der Waals surface area contributed by atoms with E-state index >= 15 is 0 Å². The molecule has 0 atom stereocenters. The van der Waals surface area contributed by atoms with E-state index in [1.54, 1.807) is 0 Å². The topological polar surface area (TPSA) is 47.3 Å². The van der Waals surface area contributed by atoms with Crippen LogP contribution in [0.2, 0.25) is 0 Å². The third-order valence-electron chi connectivity index (χ3n) is 1.21. The van der Waals surface area contributed by atoms with Crippen molar-refractivity contribution in [2.45, 2.75) is 32.7 Å². The van der Waals surface area contributed by atoms with Crippen LogP contribution in [-0.2, 0) is 0 Å². The van der Waals surface area contributed by atoms with Gasteiger partial charge in [-0.05, 0) is 20.8 Å². The average Bonchev–Trinajstić information content (AvgIpc) is 1.80. The standard InChI is InChI=1S/C7H14N2O/c1-7(2,3)9(10)6-4-5-8/h10H,4,6H2,1-3H3. The highest BCUT2D eigenvalue weighted by Crippen LogP contribution is 2.09. The van der Waals surface area contributed by atoms with Crippen LogP contribution in [0, 0.1) is 11.3 Å². The van der Waals surface area contributed by atoms with Crippen LogP contribution in [0.4, 0.5) is 0 Å². The van der Waals surface area contributed by atoms with E-state index in [1.807, 2.05) is 26.8 Å². The van der Waals surface area contributed by atoms with E-state index in [1.165, 1.54) is 5.06 Å². The van der Waals surface area contributed by atoms with Crippen LogP contribution in [0.25, 0.3) is 0 Å². The highest BCUT2D eigenvalue weighted by molar-refractivity contribution is 4.75. The quantitative estimate of drug-likeness (QED) is 0.593. The number of hydroxylamine groups is 2. The van der Waals surface area contributed by atoms with Crippen LogP contribution >= 0.6 is 0 Å². The molecule has 0 aliphatic rings. The maximum atomic E-state index is 9.20. The van der Waals surface area contributed by atoms with Crippen molar-refractivity contribution in [3.8, 4) is 6.07 Å². The monoisotopic (exact) mass is 142 g/mol. The van der Waals surface area contributed by atoms with Crippen LogP contribution in [-0.4, -0.2) is 22.4 Å². The Hall–Kier alpha value is -0.590. The lowest BCUT2D eigenvalue weighted by Crippen LogP contribution is -2.39. The number of hydrogen-bond donors (Lipinski definition) is 1. The van der Waals surface area contributed by atoms with Gasteiger partial charge in [0.1, 0.15) is 0 Å². The highest BCUT2D eigenvalue weighted by Gasteiger charge is 2.17. The molecule has 0 unspecified atom stereocenters. The number of rotatable bonds is 2. The summed E-state index contributed by atoms with van der Waals surface area (Å²) in [5.41, 5.74) is -0.253. The van der Waals surface area contributed by atoms with Crippen LogP contribution in [0.5, 0.6) is 0 Å². The Bertz CT molecular complexity index is 132. The third kappa shape index (κ3) is 3.44. The predicted molar refractivity (Wildman–Crippen MR) is 38.5 cm³/mol. The summed E-state index contributed by atoms with van der Waals surface area (Å²) >= 11 is 0. The SMILES string of the molecule is CC(C)(C)N(O)CCC#N. The molecule has 3 nitrogen and oxygen atoms in total. The molecule has 0 aliphatic heterocycles. The Morgan fingerprint density at radius 2 is 2.00 bits per heavy atom. The second-order valence-corrected chi connectivity index (χ2v) is 3.20. The summed E-state index contributed by atoms with van der Waals surface area (Å²) in [6.45, 7) is 6.10.